The van der Waals surface area contributed by atoms with E-state index >= 15 is 0 Å². The molecule has 0 radical (unpaired) electrons. The van der Waals surface area contributed by atoms with E-state index in [0.29, 0.717) is 19.8 Å². The SMILES string of the molecule is CCOC(=N)c1ccc(OCCCCCOc2ccccc2OC)cc1. The van der Waals surface area contributed by atoms with Crippen molar-refractivity contribution in [1.82, 2.24) is 0 Å². The fourth-order valence-electron chi connectivity index (χ4n) is 2.42. The molecule has 0 heterocycles. The molecule has 0 aliphatic rings. The van der Waals surface area contributed by atoms with Gasteiger partial charge >= 0.3 is 0 Å². The highest BCUT2D eigenvalue weighted by Crippen LogP contribution is 2.25. The molecule has 5 nitrogen and oxygen atoms in total. The number of ether oxygens (including phenoxy) is 4. The Kier molecular flexibility index (Phi) is 8.33. The van der Waals surface area contributed by atoms with E-state index in [1.165, 1.54) is 0 Å². The Bertz CT molecular complexity index is 670. The lowest BCUT2D eigenvalue weighted by Gasteiger charge is -2.10. The Morgan fingerprint density at radius 2 is 1.50 bits per heavy atom. The van der Waals surface area contributed by atoms with Gasteiger partial charge < -0.3 is 18.9 Å². The molecule has 5 heteroatoms. The fourth-order valence-corrected chi connectivity index (χ4v) is 2.42. The summed E-state index contributed by atoms with van der Waals surface area (Å²) in [5.41, 5.74) is 0.757. The first kappa shape index (κ1) is 19.6. The largest absolute Gasteiger partial charge is 0.494 e. The van der Waals surface area contributed by atoms with Crippen LogP contribution in [0.4, 0.5) is 0 Å². The van der Waals surface area contributed by atoms with Gasteiger partial charge in [0.1, 0.15) is 5.75 Å². The number of hydrogen-bond acceptors (Lipinski definition) is 5. The van der Waals surface area contributed by atoms with Crippen LogP contribution in [0.5, 0.6) is 17.2 Å². The summed E-state index contributed by atoms with van der Waals surface area (Å²) in [7, 11) is 1.64. The lowest BCUT2D eigenvalue weighted by molar-refractivity contribution is 0.270. The molecule has 2 rings (SSSR count). The lowest BCUT2D eigenvalue weighted by Crippen LogP contribution is -2.05. The number of para-hydroxylation sites is 2. The molecule has 1 N–H and O–H groups in total. The minimum absolute atomic E-state index is 0.189. The van der Waals surface area contributed by atoms with Crippen LogP contribution in [0.15, 0.2) is 48.5 Å². The van der Waals surface area contributed by atoms with E-state index < -0.39 is 0 Å². The van der Waals surface area contributed by atoms with Crippen molar-refractivity contribution in [3.8, 4) is 17.2 Å². The molecule has 0 aromatic heterocycles. The molecule has 0 aliphatic heterocycles. The van der Waals surface area contributed by atoms with E-state index in [2.05, 4.69) is 0 Å². The standard InChI is InChI=1S/C21H27NO4/c1-3-24-21(22)17-11-13-18(14-12-17)25-15-7-4-8-16-26-20-10-6-5-9-19(20)23-2/h5-6,9-14,22H,3-4,7-8,15-16H2,1-2H3. The Hall–Kier alpha value is -2.69. The minimum Gasteiger partial charge on any atom is -0.494 e. The summed E-state index contributed by atoms with van der Waals surface area (Å²) < 4.78 is 21.9. The molecule has 0 saturated carbocycles. The summed E-state index contributed by atoms with van der Waals surface area (Å²) in [4.78, 5) is 0. The van der Waals surface area contributed by atoms with Crippen LogP contribution in [0.2, 0.25) is 0 Å². The maximum absolute atomic E-state index is 7.74. The zero-order chi connectivity index (χ0) is 18.6. The van der Waals surface area contributed by atoms with E-state index in [4.69, 9.17) is 24.4 Å². The summed E-state index contributed by atoms with van der Waals surface area (Å²) in [5.74, 6) is 2.54. The Labute approximate surface area is 155 Å². The highest BCUT2D eigenvalue weighted by molar-refractivity contribution is 5.91. The highest BCUT2D eigenvalue weighted by Gasteiger charge is 2.03. The molecule has 2 aromatic carbocycles. The second kappa shape index (κ2) is 11.0. The van der Waals surface area contributed by atoms with Crippen LogP contribution in [-0.2, 0) is 4.74 Å². The number of rotatable bonds is 11. The predicted octanol–water partition coefficient (Wildman–Crippen LogP) is 4.69. The maximum Gasteiger partial charge on any atom is 0.213 e. The van der Waals surface area contributed by atoms with E-state index in [1.807, 2.05) is 55.5 Å². The average molecular weight is 357 g/mol. The van der Waals surface area contributed by atoms with Crippen LogP contribution < -0.4 is 14.2 Å². The highest BCUT2D eigenvalue weighted by atomic mass is 16.5. The normalized spacial score (nSPS) is 10.2. The quantitative estimate of drug-likeness (QED) is 0.360. The monoisotopic (exact) mass is 357 g/mol. The van der Waals surface area contributed by atoms with E-state index in [0.717, 1.165) is 42.1 Å². The Morgan fingerprint density at radius 3 is 2.15 bits per heavy atom. The second-order valence-corrected chi connectivity index (χ2v) is 5.69. The van der Waals surface area contributed by atoms with Gasteiger partial charge in [-0.3, -0.25) is 5.41 Å². The molecular weight excluding hydrogens is 330 g/mol. The van der Waals surface area contributed by atoms with Crippen LogP contribution in [0.1, 0.15) is 31.7 Å². The molecule has 0 spiro atoms. The molecule has 0 saturated heterocycles. The van der Waals surface area contributed by atoms with Crippen molar-refractivity contribution in [3.63, 3.8) is 0 Å². The topological polar surface area (TPSA) is 60.8 Å². The molecule has 0 amide bonds. The van der Waals surface area contributed by atoms with Gasteiger partial charge in [-0.1, -0.05) is 12.1 Å². The van der Waals surface area contributed by atoms with E-state index in [1.54, 1.807) is 7.11 Å². The van der Waals surface area contributed by atoms with Crippen LogP contribution in [-0.4, -0.2) is 32.8 Å². The van der Waals surface area contributed by atoms with Crippen molar-refractivity contribution in [1.29, 1.82) is 5.41 Å². The minimum atomic E-state index is 0.189. The van der Waals surface area contributed by atoms with E-state index in [-0.39, 0.29) is 5.90 Å². The second-order valence-electron chi connectivity index (χ2n) is 5.69. The van der Waals surface area contributed by atoms with Crippen molar-refractivity contribution < 1.29 is 18.9 Å². The van der Waals surface area contributed by atoms with Crippen molar-refractivity contribution >= 4 is 5.90 Å². The van der Waals surface area contributed by atoms with Crippen LogP contribution in [0, 0.1) is 5.41 Å². The third-order valence-corrected chi connectivity index (χ3v) is 3.79. The summed E-state index contributed by atoms with van der Waals surface area (Å²) >= 11 is 0. The molecule has 0 bridgehead atoms. The number of nitrogens with one attached hydrogen (secondary N) is 1. The van der Waals surface area contributed by atoms with Crippen LogP contribution in [0.3, 0.4) is 0 Å². The molecule has 0 unspecified atom stereocenters. The Morgan fingerprint density at radius 1 is 0.846 bits per heavy atom. The van der Waals surface area contributed by atoms with Crippen LogP contribution >= 0.6 is 0 Å². The molecule has 0 fully saturated rings. The average Bonchev–Trinajstić information content (AvgIpc) is 2.68. The van der Waals surface area contributed by atoms with Crippen molar-refractivity contribution in [2.75, 3.05) is 26.9 Å². The molecule has 26 heavy (non-hydrogen) atoms. The predicted molar refractivity (Wildman–Crippen MR) is 103 cm³/mol. The third kappa shape index (κ3) is 6.31. The maximum atomic E-state index is 7.74. The number of benzene rings is 2. The van der Waals surface area contributed by atoms with Gasteiger partial charge in [-0.05, 0) is 62.6 Å². The van der Waals surface area contributed by atoms with Gasteiger partial charge in [-0.25, -0.2) is 0 Å². The molecule has 0 atom stereocenters. The number of unbranched alkanes of at least 4 members (excludes halogenated alkanes) is 2. The smallest absolute Gasteiger partial charge is 0.213 e. The first-order chi connectivity index (χ1) is 12.7. The molecular formula is C21H27NO4. The lowest BCUT2D eigenvalue weighted by atomic mass is 10.2. The molecule has 0 aliphatic carbocycles. The number of methoxy groups -OCH3 is 1. The summed E-state index contributed by atoms with van der Waals surface area (Å²) in [6.45, 7) is 3.69. The molecule has 2 aromatic rings. The molecule has 140 valence electrons. The summed E-state index contributed by atoms with van der Waals surface area (Å²) in [5, 5.41) is 7.74. The van der Waals surface area contributed by atoms with Crippen molar-refractivity contribution in [2.45, 2.75) is 26.2 Å². The fraction of sp³-hybridized carbons (Fsp3) is 0.381. The first-order valence-corrected chi connectivity index (χ1v) is 8.95. The van der Waals surface area contributed by atoms with Gasteiger partial charge in [-0.15, -0.1) is 0 Å². The summed E-state index contributed by atoms with van der Waals surface area (Å²) in [6.07, 6.45) is 2.96. The van der Waals surface area contributed by atoms with Crippen molar-refractivity contribution in [2.24, 2.45) is 0 Å². The zero-order valence-electron chi connectivity index (χ0n) is 15.5. The number of hydrogen-bond donors (Lipinski definition) is 1. The Balaban J connectivity index is 1.60. The van der Waals surface area contributed by atoms with E-state index in [9.17, 15) is 0 Å². The van der Waals surface area contributed by atoms with Crippen LogP contribution in [0.25, 0.3) is 0 Å². The van der Waals surface area contributed by atoms with Gasteiger partial charge in [0.15, 0.2) is 11.5 Å². The third-order valence-electron chi connectivity index (χ3n) is 3.79. The van der Waals surface area contributed by atoms with Gasteiger partial charge in [0.25, 0.3) is 0 Å². The van der Waals surface area contributed by atoms with Crippen molar-refractivity contribution in [3.05, 3.63) is 54.1 Å². The van der Waals surface area contributed by atoms with Gasteiger partial charge in [0.05, 0.1) is 26.9 Å². The summed E-state index contributed by atoms with van der Waals surface area (Å²) in [6, 6.07) is 15.1. The zero-order valence-corrected chi connectivity index (χ0v) is 15.5. The van der Waals surface area contributed by atoms with Gasteiger partial charge in [0.2, 0.25) is 5.90 Å². The first-order valence-electron chi connectivity index (χ1n) is 8.95. The van der Waals surface area contributed by atoms with Gasteiger partial charge in [-0.2, -0.15) is 0 Å². The van der Waals surface area contributed by atoms with Gasteiger partial charge in [0, 0.05) is 5.56 Å².